The zero-order chi connectivity index (χ0) is 15.5. The summed E-state index contributed by atoms with van der Waals surface area (Å²) in [5.41, 5.74) is 2.00. The third kappa shape index (κ3) is 3.17. The molecule has 7 nitrogen and oxygen atoms in total. The molecule has 1 aromatic carbocycles. The Morgan fingerprint density at radius 3 is 2.50 bits per heavy atom. The molecule has 4 atom stereocenters. The number of hydrogen-bond acceptors (Lipinski definition) is 6. The van der Waals surface area contributed by atoms with Crippen molar-refractivity contribution in [2.24, 2.45) is 0 Å². The molecule has 2 aromatic rings. The summed E-state index contributed by atoms with van der Waals surface area (Å²) < 4.78 is 1.64. The third-order valence-corrected chi connectivity index (χ3v) is 4.00. The van der Waals surface area contributed by atoms with E-state index in [9.17, 15) is 10.2 Å². The lowest BCUT2D eigenvalue weighted by Gasteiger charge is -2.15. The van der Waals surface area contributed by atoms with Gasteiger partial charge in [-0.2, -0.15) is 0 Å². The molecule has 0 aliphatic carbocycles. The molecule has 118 valence electrons. The standard InChI is InChI=1S/C15H20N4O3/c20-9-13-15(22)14(21)12(16-13)8-19-7-11(17-18-19)6-10-4-2-1-3-5-10/h1-5,7,12-16,20-22H,6,8-9H2/t12-,13-,14-,15-/m1/s1. The van der Waals surface area contributed by atoms with E-state index in [0.717, 1.165) is 11.3 Å². The highest BCUT2D eigenvalue weighted by atomic mass is 16.3. The molecule has 22 heavy (non-hydrogen) atoms. The van der Waals surface area contributed by atoms with Crippen molar-refractivity contribution < 1.29 is 15.3 Å². The van der Waals surface area contributed by atoms with Gasteiger partial charge in [0.2, 0.25) is 0 Å². The first kappa shape index (κ1) is 15.1. The van der Waals surface area contributed by atoms with Crippen LogP contribution in [-0.4, -0.2) is 61.2 Å². The van der Waals surface area contributed by atoms with Crippen LogP contribution in [0.3, 0.4) is 0 Å². The maximum absolute atomic E-state index is 9.98. The van der Waals surface area contributed by atoms with Crippen molar-refractivity contribution in [3.8, 4) is 0 Å². The number of nitrogens with zero attached hydrogens (tertiary/aromatic N) is 3. The number of benzene rings is 1. The Balaban J connectivity index is 1.62. The van der Waals surface area contributed by atoms with Gasteiger partial charge in [-0.25, -0.2) is 0 Å². The Morgan fingerprint density at radius 1 is 1.09 bits per heavy atom. The molecule has 0 bridgehead atoms. The van der Waals surface area contributed by atoms with Crippen LogP contribution in [0.15, 0.2) is 36.5 Å². The molecule has 7 heteroatoms. The van der Waals surface area contributed by atoms with E-state index in [1.165, 1.54) is 0 Å². The summed E-state index contributed by atoms with van der Waals surface area (Å²) in [6.45, 7) is 0.169. The van der Waals surface area contributed by atoms with Crippen LogP contribution in [0.2, 0.25) is 0 Å². The summed E-state index contributed by atoms with van der Waals surface area (Å²) in [6.07, 6.45) is 0.630. The second kappa shape index (κ2) is 6.53. The molecule has 1 saturated heterocycles. The molecule has 1 aliphatic heterocycles. The molecule has 0 radical (unpaired) electrons. The molecule has 0 spiro atoms. The average Bonchev–Trinajstić information content (AvgIpc) is 3.08. The van der Waals surface area contributed by atoms with E-state index in [4.69, 9.17) is 5.11 Å². The Bertz CT molecular complexity index is 604. The van der Waals surface area contributed by atoms with Crippen molar-refractivity contribution in [1.29, 1.82) is 0 Å². The first-order valence-electron chi connectivity index (χ1n) is 7.33. The summed E-state index contributed by atoms with van der Waals surface area (Å²) in [5, 5.41) is 40.1. The van der Waals surface area contributed by atoms with Crippen LogP contribution < -0.4 is 5.32 Å². The summed E-state index contributed by atoms with van der Waals surface area (Å²) in [7, 11) is 0. The summed E-state index contributed by atoms with van der Waals surface area (Å²) in [4.78, 5) is 0. The highest BCUT2D eigenvalue weighted by molar-refractivity contribution is 5.19. The van der Waals surface area contributed by atoms with Crippen molar-refractivity contribution in [3.63, 3.8) is 0 Å². The number of nitrogens with one attached hydrogen (secondary N) is 1. The first-order valence-corrected chi connectivity index (χ1v) is 7.33. The van der Waals surface area contributed by atoms with Crippen molar-refractivity contribution in [3.05, 3.63) is 47.8 Å². The van der Waals surface area contributed by atoms with Gasteiger partial charge in [0.25, 0.3) is 0 Å². The molecule has 1 fully saturated rings. The fourth-order valence-corrected chi connectivity index (χ4v) is 2.78. The van der Waals surface area contributed by atoms with Gasteiger partial charge in [0.05, 0.1) is 43.1 Å². The first-order chi connectivity index (χ1) is 10.7. The molecule has 0 amide bonds. The lowest BCUT2D eigenvalue weighted by atomic mass is 10.1. The van der Waals surface area contributed by atoms with E-state index in [0.29, 0.717) is 13.0 Å². The molecule has 4 N–H and O–H groups in total. The number of aromatic nitrogens is 3. The highest BCUT2D eigenvalue weighted by Gasteiger charge is 2.40. The second-order valence-electron chi connectivity index (χ2n) is 5.64. The van der Waals surface area contributed by atoms with Gasteiger partial charge < -0.3 is 20.6 Å². The van der Waals surface area contributed by atoms with Gasteiger partial charge in [-0.15, -0.1) is 5.10 Å². The molecule has 0 saturated carbocycles. The quantitative estimate of drug-likeness (QED) is 0.560. The lowest BCUT2D eigenvalue weighted by molar-refractivity contribution is 0.0175. The monoisotopic (exact) mass is 304 g/mol. The van der Waals surface area contributed by atoms with Crippen molar-refractivity contribution in [2.75, 3.05) is 6.61 Å². The smallest absolute Gasteiger partial charge is 0.0990 e. The zero-order valence-electron chi connectivity index (χ0n) is 12.1. The van der Waals surface area contributed by atoms with E-state index >= 15 is 0 Å². The third-order valence-electron chi connectivity index (χ3n) is 4.00. The maximum Gasteiger partial charge on any atom is 0.0990 e. The molecule has 1 aromatic heterocycles. The number of aliphatic hydroxyl groups is 3. The largest absolute Gasteiger partial charge is 0.395 e. The molecular formula is C15H20N4O3. The van der Waals surface area contributed by atoms with Crippen LogP contribution >= 0.6 is 0 Å². The van der Waals surface area contributed by atoms with Gasteiger partial charge in [0.15, 0.2) is 0 Å². The Hall–Kier alpha value is -1.80. The van der Waals surface area contributed by atoms with Crippen LogP contribution in [0.4, 0.5) is 0 Å². The Morgan fingerprint density at radius 2 is 1.82 bits per heavy atom. The number of rotatable bonds is 5. The molecular weight excluding hydrogens is 284 g/mol. The van der Waals surface area contributed by atoms with Crippen LogP contribution in [0, 0.1) is 0 Å². The minimum atomic E-state index is -0.970. The second-order valence-corrected chi connectivity index (χ2v) is 5.64. The van der Waals surface area contributed by atoms with E-state index in [-0.39, 0.29) is 12.6 Å². The maximum atomic E-state index is 9.98. The predicted molar refractivity (Wildman–Crippen MR) is 79.1 cm³/mol. The number of aliphatic hydroxyl groups excluding tert-OH is 3. The molecule has 3 rings (SSSR count). The summed E-state index contributed by atoms with van der Waals surface area (Å²) in [6, 6.07) is 9.12. The SMILES string of the molecule is OC[C@H]1N[C@H](Cn2cc(Cc3ccccc3)nn2)[C@@H](O)[C@@H]1O. The average molecular weight is 304 g/mol. The fraction of sp³-hybridized carbons (Fsp3) is 0.467. The van der Waals surface area contributed by atoms with Crippen molar-refractivity contribution in [2.45, 2.75) is 37.3 Å². The zero-order valence-corrected chi connectivity index (χ0v) is 12.1. The summed E-state index contributed by atoms with van der Waals surface area (Å²) >= 11 is 0. The Labute approximate surface area is 128 Å². The van der Waals surface area contributed by atoms with E-state index < -0.39 is 18.2 Å². The van der Waals surface area contributed by atoms with Gasteiger partial charge in [-0.05, 0) is 5.56 Å². The Kier molecular flexibility index (Phi) is 4.49. The van der Waals surface area contributed by atoms with Gasteiger partial charge in [-0.3, -0.25) is 4.68 Å². The van der Waals surface area contributed by atoms with Crippen molar-refractivity contribution >= 4 is 0 Å². The molecule has 0 unspecified atom stereocenters. The van der Waals surface area contributed by atoms with Crippen LogP contribution in [0.25, 0.3) is 0 Å². The number of hydrogen-bond donors (Lipinski definition) is 4. The highest BCUT2D eigenvalue weighted by Crippen LogP contribution is 2.16. The van der Waals surface area contributed by atoms with Crippen molar-refractivity contribution in [1.82, 2.24) is 20.3 Å². The van der Waals surface area contributed by atoms with E-state index in [1.54, 1.807) is 4.68 Å². The van der Waals surface area contributed by atoms with Crippen LogP contribution in [0.5, 0.6) is 0 Å². The topological polar surface area (TPSA) is 103 Å². The van der Waals surface area contributed by atoms with Crippen LogP contribution in [0.1, 0.15) is 11.3 Å². The van der Waals surface area contributed by atoms with Gasteiger partial charge in [0, 0.05) is 12.6 Å². The van der Waals surface area contributed by atoms with Gasteiger partial charge in [-0.1, -0.05) is 35.5 Å². The van der Waals surface area contributed by atoms with Gasteiger partial charge >= 0.3 is 0 Å². The normalized spacial score (nSPS) is 28.1. The molecule has 2 heterocycles. The minimum absolute atomic E-state index is 0.217. The fourth-order valence-electron chi connectivity index (χ4n) is 2.78. The van der Waals surface area contributed by atoms with E-state index in [1.807, 2.05) is 36.5 Å². The van der Waals surface area contributed by atoms with Crippen LogP contribution in [-0.2, 0) is 13.0 Å². The van der Waals surface area contributed by atoms with E-state index in [2.05, 4.69) is 15.6 Å². The summed E-state index contributed by atoms with van der Waals surface area (Å²) in [5.74, 6) is 0. The lowest BCUT2D eigenvalue weighted by Crippen LogP contribution is -2.38. The minimum Gasteiger partial charge on any atom is -0.395 e. The predicted octanol–water partition coefficient (Wildman–Crippen LogP) is -1.08. The van der Waals surface area contributed by atoms with Gasteiger partial charge in [0.1, 0.15) is 0 Å². The molecule has 1 aliphatic rings.